The summed E-state index contributed by atoms with van der Waals surface area (Å²) in [5, 5.41) is 2.93. The number of alkyl halides is 3. The minimum absolute atomic E-state index is 0.0161. The quantitative estimate of drug-likeness (QED) is 0.636. The maximum absolute atomic E-state index is 11.8. The molecule has 3 N–H and O–H groups in total. The normalized spacial score (nSPS) is 11.5. The summed E-state index contributed by atoms with van der Waals surface area (Å²) in [6, 6.07) is 5.32. The number of hydrogen-bond donors (Lipinski definition) is 2. The summed E-state index contributed by atoms with van der Waals surface area (Å²) in [5.41, 5.74) is 3.78. The Labute approximate surface area is 96.4 Å². The smallest absolute Gasteiger partial charge is 0.398 e. The van der Waals surface area contributed by atoms with Crippen molar-refractivity contribution in [1.29, 1.82) is 0 Å². The molecule has 2 nitrogen and oxygen atoms in total. The van der Waals surface area contributed by atoms with Gasteiger partial charge in [0.05, 0.1) is 0 Å². The summed E-state index contributed by atoms with van der Waals surface area (Å²) in [6.07, 6.45) is 0. The lowest BCUT2D eigenvalue weighted by Gasteiger charge is -2.11. The summed E-state index contributed by atoms with van der Waals surface area (Å²) in [5.74, 6) is -0.0161. The Morgan fingerprint density at radius 2 is 2.06 bits per heavy atom. The van der Waals surface area contributed by atoms with E-state index >= 15 is 0 Å². The minimum Gasteiger partial charge on any atom is -0.398 e. The van der Waals surface area contributed by atoms with E-state index in [1.54, 1.807) is 18.2 Å². The lowest BCUT2D eigenvalue weighted by molar-refractivity contribution is -0.0327. The maximum atomic E-state index is 11.8. The number of benzene rings is 1. The van der Waals surface area contributed by atoms with E-state index in [4.69, 9.17) is 5.73 Å². The van der Waals surface area contributed by atoms with Crippen molar-refractivity contribution in [2.45, 2.75) is 12.4 Å². The van der Waals surface area contributed by atoms with Gasteiger partial charge in [0, 0.05) is 23.7 Å². The van der Waals surface area contributed by atoms with Gasteiger partial charge in [0.1, 0.15) is 0 Å². The highest BCUT2D eigenvalue weighted by molar-refractivity contribution is 8.00. The molecule has 0 bridgehead atoms. The highest BCUT2D eigenvalue weighted by Gasteiger charge is 2.27. The van der Waals surface area contributed by atoms with Gasteiger partial charge in [0.25, 0.3) is 0 Å². The molecular weight excluding hydrogens is 237 g/mol. The standard InChI is InChI=1S/C10H13F3N2S/c1-7-8(14)3-2-4-9(7)15-5-6-16-10(11,12)13/h2-4,15H,5-6,14H2,1H3. The second-order valence-corrected chi connectivity index (χ2v) is 4.40. The summed E-state index contributed by atoms with van der Waals surface area (Å²) >= 11 is -0.0309. The molecule has 0 aliphatic heterocycles. The van der Waals surface area contributed by atoms with E-state index in [2.05, 4.69) is 5.32 Å². The fraction of sp³-hybridized carbons (Fsp3) is 0.400. The van der Waals surface area contributed by atoms with Gasteiger partial charge in [-0.2, -0.15) is 13.2 Å². The summed E-state index contributed by atoms with van der Waals surface area (Å²) in [4.78, 5) is 0. The molecule has 0 spiro atoms. The van der Waals surface area contributed by atoms with Crippen molar-refractivity contribution in [2.24, 2.45) is 0 Å². The van der Waals surface area contributed by atoms with Crippen LogP contribution < -0.4 is 11.1 Å². The van der Waals surface area contributed by atoms with Crippen molar-refractivity contribution < 1.29 is 13.2 Å². The fourth-order valence-corrected chi connectivity index (χ4v) is 1.63. The number of thioether (sulfide) groups is 1. The fourth-order valence-electron chi connectivity index (χ4n) is 1.20. The van der Waals surface area contributed by atoms with Crippen LogP contribution >= 0.6 is 11.8 Å². The number of anilines is 2. The molecule has 0 aliphatic rings. The zero-order valence-corrected chi connectivity index (χ0v) is 9.58. The van der Waals surface area contributed by atoms with Gasteiger partial charge in [-0.05, 0) is 36.4 Å². The summed E-state index contributed by atoms with van der Waals surface area (Å²) in [6.45, 7) is 2.09. The maximum Gasteiger partial charge on any atom is 0.441 e. The SMILES string of the molecule is Cc1c(N)cccc1NCCSC(F)(F)F. The lowest BCUT2D eigenvalue weighted by atomic mass is 10.1. The molecule has 0 saturated heterocycles. The van der Waals surface area contributed by atoms with Gasteiger partial charge in [-0.1, -0.05) is 6.07 Å². The van der Waals surface area contributed by atoms with E-state index in [1.165, 1.54) is 0 Å². The van der Waals surface area contributed by atoms with Crippen LogP contribution in [0.1, 0.15) is 5.56 Å². The Balaban J connectivity index is 2.41. The van der Waals surface area contributed by atoms with Crippen molar-refractivity contribution in [2.75, 3.05) is 23.3 Å². The van der Waals surface area contributed by atoms with Crippen molar-refractivity contribution in [3.8, 4) is 0 Å². The number of halogens is 3. The Hall–Kier alpha value is -1.04. The zero-order valence-electron chi connectivity index (χ0n) is 8.77. The average molecular weight is 250 g/mol. The number of nitrogen functional groups attached to an aromatic ring is 1. The second kappa shape index (κ2) is 5.34. The van der Waals surface area contributed by atoms with Gasteiger partial charge >= 0.3 is 5.51 Å². The van der Waals surface area contributed by atoms with Gasteiger partial charge in [-0.15, -0.1) is 0 Å². The zero-order chi connectivity index (χ0) is 12.2. The number of hydrogen-bond acceptors (Lipinski definition) is 3. The molecule has 0 heterocycles. The summed E-state index contributed by atoms with van der Waals surface area (Å²) in [7, 11) is 0. The first kappa shape index (κ1) is 13.0. The van der Waals surface area contributed by atoms with Crippen LogP contribution in [0, 0.1) is 6.92 Å². The van der Waals surface area contributed by atoms with Crippen molar-refractivity contribution in [1.82, 2.24) is 0 Å². The monoisotopic (exact) mass is 250 g/mol. The van der Waals surface area contributed by atoms with Crippen LogP contribution in [0.4, 0.5) is 24.5 Å². The third-order valence-corrected chi connectivity index (χ3v) is 2.79. The van der Waals surface area contributed by atoms with Crippen LogP contribution in [-0.4, -0.2) is 17.8 Å². The Kier molecular flexibility index (Phi) is 4.35. The molecule has 16 heavy (non-hydrogen) atoms. The van der Waals surface area contributed by atoms with Crippen LogP contribution in [-0.2, 0) is 0 Å². The molecule has 0 amide bonds. The number of rotatable bonds is 4. The van der Waals surface area contributed by atoms with Gasteiger partial charge in [-0.25, -0.2) is 0 Å². The highest BCUT2D eigenvalue weighted by atomic mass is 32.2. The van der Waals surface area contributed by atoms with Gasteiger partial charge in [-0.3, -0.25) is 0 Å². The highest BCUT2D eigenvalue weighted by Crippen LogP contribution is 2.29. The molecule has 90 valence electrons. The van der Waals surface area contributed by atoms with Crippen molar-refractivity contribution >= 4 is 23.1 Å². The van der Waals surface area contributed by atoms with E-state index < -0.39 is 5.51 Å². The van der Waals surface area contributed by atoms with E-state index in [0.29, 0.717) is 5.69 Å². The molecule has 0 radical (unpaired) electrons. The number of nitrogens with two attached hydrogens (primary N) is 1. The molecule has 1 rings (SSSR count). The first-order valence-electron chi connectivity index (χ1n) is 4.70. The third-order valence-electron chi connectivity index (χ3n) is 2.06. The van der Waals surface area contributed by atoms with Crippen LogP contribution in [0.3, 0.4) is 0 Å². The predicted octanol–water partition coefficient (Wildman–Crippen LogP) is 3.24. The summed E-state index contributed by atoms with van der Waals surface area (Å²) < 4.78 is 35.5. The van der Waals surface area contributed by atoms with Crippen molar-refractivity contribution in [3.63, 3.8) is 0 Å². The van der Waals surface area contributed by atoms with E-state index in [0.717, 1.165) is 11.3 Å². The first-order chi connectivity index (χ1) is 7.40. The van der Waals surface area contributed by atoms with Gasteiger partial charge < -0.3 is 11.1 Å². The molecule has 0 aromatic heterocycles. The van der Waals surface area contributed by atoms with Crippen LogP contribution in [0.15, 0.2) is 18.2 Å². The van der Waals surface area contributed by atoms with Crippen molar-refractivity contribution in [3.05, 3.63) is 23.8 Å². The number of nitrogens with one attached hydrogen (secondary N) is 1. The third kappa shape index (κ3) is 4.22. The molecule has 0 saturated carbocycles. The second-order valence-electron chi connectivity index (χ2n) is 3.24. The molecule has 0 aliphatic carbocycles. The molecular formula is C10H13F3N2S. The first-order valence-corrected chi connectivity index (χ1v) is 5.68. The van der Waals surface area contributed by atoms with E-state index in [9.17, 15) is 13.2 Å². The molecule has 0 fully saturated rings. The lowest BCUT2D eigenvalue weighted by Crippen LogP contribution is -2.10. The molecule has 6 heteroatoms. The Bertz CT molecular complexity index is 352. The van der Waals surface area contributed by atoms with E-state index in [1.807, 2.05) is 6.92 Å². The van der Waals surface area contributed by atoms with E-state index in [-0.39, 0.29) is 24.1 Å². The Morgan fingerprint density at radius 1 is 1.38 bits per heavy atom. The molecule has 1 aromatic rings. The van der Waals surface area contributed by atoms with Crippen LogP contribution in [0.2, 0.25) is 0 Å². The minimum atomic E-state index is -4.16. The van der Waals surface area contributed by atoms with Crippen LogP contribution in [0.5, 0.6) is 0 Å². The molecule has 0 atom stereocenters. The Morgan fingerprint density at radius 3 is 2.69 bits per heavy atom. The van der Waals surface area contributed by atoms with Gasteiger partial charge in [0.2, 0.25) is 0 Å². The van der Waals surface area contributed by atoms with Crippen LogP contribution in [0.25, 0.3) is 0 Å². The average Bonchev–Trinajstić information content (AvgIpc) is 2.17. The topological polar surface area (TPSA) is 38.0 Å². The molecule has 0 unspecified atom stereocenters. The predicted molar refractivity (Wildman–Crippen MR) is 62.6 cm³/mol. The molecule has 1 aromatic carbocycles. The van der Waals surface area contributed by atoms with Gasteiger partial charge in [0.15, 0.2) is 0 Å². The largest absolute Gasteiger partial charge is 0.441 e.